The molecule has 24 heavy (non-hydrogen) atoms. The number of aromatic nitrogens is 1. The van der Waals surface area contributed by atoms with Crippen molar-refractivity contribution in [3.8, 4) is 6.19 Å². The van der Waals surface area contributed by atoms with E-state index in [9.17, 15) is 5.26 Å². The Balaban J connectivity index is 1.90. The predicted molar refractivity (Wildman–Crippen MR) is 95.0 cm³/mol. The first kappa shape index (κ1) is 15.3. The molecule has 6 heteroatoms. The molecule has 3 aromatic rings. The van der Waals surface area contributed by atoms with Crippen molar-refractivity contribution < 1.29 is 0 Å². The summed E-state index contributed by atoms with van der Waals surface area (Å²) in [5.74, 6) is 0.130. The lowest BCUT2D eigenvalue weighted by atomic mass is 10.2. The highest BCUT2D eigenvalue weighted by atomic mass is 15.2. The van der Waals surface area contributed by atoms with Crippen LogP contribution in [0, 0.1) is 11.5 Å². The van der Waals surface area contributed by atoms with Gasteiger partial charge in [0.2, 0.25) is 5.96 Å². The van der Waals surface area contributed by atoms with Crippen LogP contribution in [0.15, 0.2) is 65.8 Å². The summed E-state index contributed by atoms with van der Waals surface area (Å²) in [7, 11) is 0. The number of nitrogens with two attached hydrogens (primary N) is 2. The Kier molecular flexibility index (Phi) is 4.25. The number of guanidine groups is 1. The Morgan fingerprint density at radius 2 is 1.92 bits per heavy atom. The van der Waals surface area contributed by atoms with Gasteiger partial charge in [-0.3, -0.25) is 4.98 Å². The second-order valence-corrected chi connectivity index (χ2v) is 5.24. The molecule has 1 aromatic heterocycles. The first-order valence-electron chi connectivity index (χ1n) is 7.37. The first-order valence-corrected chi connectivity index (χ1v) is 7.37. The second kappa shape index (κ2) is 6.67. The van der Waals surface area contributed by atoms with E-state index in [0.717, 1.165) is 16.5 Å². The molecular formula is C18H16N6. The topological polar surface area (TPSA) is 104 Å². The third-order valence-electron chi connectivity index (χ3n) is 3.58. The third-order valence-corrected chi connectivity index (χ3v) is 3.58. The number of pyridine rings is 1. The van der Waals surface area contributed by atoms with Crippen molar-refractivity contribution in [2.45, 2.75) is 6.54 Å². The number of rotatable bonds is 3. The molecule has 4 N–H and O–H groups in total. The number of anilines is 1. The van der Waals surface area contributed by atoms with E-state index < -0.39 is 0 Å². The molecule has 0 amide bonds. The standard InChI is InChI=1S/C18H16N6/c19-12-24(11-13-6-8-14(20)9-7-13)18(21)23-17-5-1-4-16-15(17)3-2-10-22-16/h1-10H,11,20H2,(H2,21,23). The smallest absolute Gasteiger partial charge is 0.210 e. The van der Waals surface area contributed by atoms with Gasteiger partial charge in [0.15, 0.2) is 6.19 Å². The number of aliphatic imine (C=N–C) groups is 1. The number of hydrogen-bond donors (Lipinski definition) is 2. The van der Waals surface area contributed by atoms with E-state index in [1.165, 1.54) is 4.90 Å². The Morgan fingerprint density at radius 3 is 2.67 bits per heavy atom. The van der Waals surface area contributed by atoms with Gasteiger partial charge in [-0.15, -0.1) is 0 Å². The molecule has 0 atom stereocenters. The lowest BCUT2D eigenvalue weighted by Crippen LogP contribution is -2.32. The minimum Gasteiger partial charge on any atom is -0.399 e. The molecule has 6 nitrogen and oxygen atoms in total. The van der Waals surface area contributed by atoms with Gasteiger partial charge in [0.1, 0.15) is 0 Å². The van der Waals surface area contributed by atoms with Gasteiger partial charge in [0.05, 0.1) is 17.7 Å². The van der Waals surface area contributed by atoms with E-state index >= 15 is 0 Å². The number of nitrogens with zero attached hydrogens (tertiary/aromatic N) is 4. The highest BCUT2D eigenvalue weighted by molar-refractivity contribution is 5.93. The fourth-order valence-electron chi connectivity index (χ4n) is 2.34. The summed E-state index contributed by atoms with van der Waals surface area (Å²) in [5.41, 5.74) is 14.8. The van der Waals surface area contributed by atoms with Crippen LogP contribution >= 0.6 is 0 Å². The SMILES string of the molecule is N#CN(Cc1ccc(N)cc1)/C(N)=N\c1cccc2ncccc12. The monoisotopic (exact) mass is 316 g/mol. The second-order valence-electron chi connectivity index (χ2n) is 5.24. The van der Waals surface area contributed by atoms with Gasteiger partial charge < -0.3 is 11.5 Å². The molecule has 0 fully saturated rings. The highest BCUT2D eigenvalue weighted by Crippen LogP contribution is 2.24. The van der Waals surface area contributed by atoms with E-state index in [1.54, 1.807) is 18.3 Å². The van der Waals surface area contributed by atoms with E-state index in [2.05, 4.69) is 16.2 Å². The van der Waals surface area contributed by atoms with Gasteiger partial charge in [-0.05, 0) is 42.0 Å². The Hall–Kier alpha value is -3.59. The van der Waals surface area contributed by atoms with Gasteiger partial charge in [0, 0.05) is 17.3 Å². The average molecular weight is 316 g/mol. The number of hydrogen-bond acceptors (Lipinski definition) is 4. The maximum absolute atomic E-state index is 9.38. The molecular weight excluding hydrogens is 300 g/mol. The Bertz CT molecular complexity index is 919. The molecule has 0 aliphatic heterocycles. The number of nitriles is 1. The van der Waals surface area contributed by atoms with E-state index in [4.69, 9.17) is 11.5 Å². The van der Waals surface area contributed by atoms with Gasteiger partial charge >= 0.3 is 0 Å². The van der Waals surface area contributed by atoms with E-state index in [-0.39, 0.29) is 5.96 Å². The molecule has 1 heterocycles. The van der Waals surface area contributed by atoms with Crippen LogP contribution in [-0.4, -0.2) is 15.8 Å². The molecule has 0 saturated carbocycles. The predicted octanol–water partition coefficient (Wildman–Crippen LogP) is 2.75. The summed E-state index contributed by atoms with van der Waals surface area (Å²) < 4.78 is 0. The summed E-state index contributed by atoms with van der Waals surface area (Å²) in [4.78, 5) is 10.0. The number of benzene rings is 2. The lowest BCUT2D eigenvalue weighted by molar-refractivity contribution is 0.565. The van der Waals surface area contributed by atoms with Crippen molar-refractivity contribution in [1.29, 1.82) is 5.26 Å². The molecule has 0 saturated heterocycles. The Morgan fingerprint density at radius 1 is 1.12 bits per heavy atom. The molecule has 0 unspecified atom stereocenters. The number of nitrogen functional groups attached to an aromatic ring is 1. The Labute approximate surface area is 139 Å². The molecule has 0 radical (unpaired) electrons. The van der Waals surface area contributed by atoms with Gasteiger partial charge in [-0.25, -0.2) is 9.89 Å². The van der Waals surface area contributed by atoms with Crippen molar-refractivity contribution in [1.82, 2.24) is 9.88 Å². The van der Waals surface area contributed by atoms with Crippen molar-refractivity contribution in [3.63, 3.8) is 0 Å². The summed E-state index contributed by atoms with van der Waals surface area (Å²) in [5, 5.41) is 10.3. The van der Waals surface area contributed by atoms with Crippen LogP contribution in [0.1, 0.15) is 5.56 Å². The zero-order valence-electron chi connectivity index (χ0n) is 12.9. The molecule has 3 rings (SSSR count). The van der Waals surface area contributed by atoms with Crippen molar-refractivity contribution in [2.75, 3.05) is 5.73 Å². The van der Waals surface area contributed by atoms with Crippen molar-refractivity contribution in [2.24, 2.45) is 10.7 Å². The van der Waals surface area contributed by atoms with Crippen molar-refractivity contribution >= 4 is 28.2 Å². The maximum atomic E-state index is 9.38. The quantitative estimate of drug-likeness (QED) is 0.254. The molecule has 0 aliphatic rings. The fraction of sp³-hybridized carbons (Fsp3) is 0.0556. The van der Waals surface area contributed by atoms with Crippen LogP contribution in [0.4, 0.5) is 11.4 Å². The van der Waals surface area contributed by atoms with Crippen LogP contribution in [0.5, 0.6) is 0 Å². The van der Waals surface area contributed by atoms with Gasteiger partial charge in [-0.2, -0.15) is 5.26 Å². The van der Waals surface area contributed by atoms with Crippen LogP contribution < -0.4 is 11.5 Å². The molecule has 118 valence electrons. The summed E-state index contributed by atoms with van der Waals surface area (Å²) >= 11 is 0. The molecule has 0 bridgehead atoms. The van der Waals surface area contributed by atoms with Gasteiger partial charge in [0.25, 0.3) is 0 Å². The van der Waals surface area contributed by atoms with E-state index in [1.807, 2.05) is 42.5 Å². The summed E-state index contributed by atoms with van der Waals surface area (Å²) in [6.07, 6.45) is 3.79. The third kappa shape index (κ3) is 3.25. The number of fused-ring (bicyclic) bond motifs is 1. The zero-order valence-corrected chi connectivity index (χ0v) is 12.9. The highest BCUT2D eigenvalue weighted by Gasteiger charge is 2.09. The molecule has 0 spiro atoms. The van der Waals surface area contributed by atoms with Crippen molar-refractivity contribution in [3.05, 3.63) is 66.4 Å². The molecule has 2 aromatic carbocycles. The normalized spacial score (nSPS) is 11.2. The summed E-state index contributed by atoms with van der Waals surface area (Å²) in [6, 6.07) is 16.7. The fourth-order valence-corrected chi connectivity index (χ4v) is 2.34. The van der Waals surface area contributed by atoms with Crippen LogP contribution in [0.2, 0.25) is 0 Å². The molecule has 0 aliphatic carbocycles. The zero-order chi connectivity index (χ0) is 16.9. The minimum atomic E-state index is 0.130. The minimum absolute atomic E-state index is 0.130. The van der Waals surface area contributed by atoms with E-state index in [0.29, 0.717) is 17.9 Å². The largest absolute Gasteiger partial charge is 0.399 e. The summed E-state index contributed by atoms with van der Waals surface area (Å²) in [6.45, 7) is 0.329. The first-order chi connectivity index (χ1) is 11.7. The average Bonchev–Trinajstić information content (AvgIpc) is 2.61. The van der Waals surface area contributed by atoms with Crippen LogP contribution in [0.3, 0.4) is 0 Å². The lowest BCUT2D eigenvalue weighted by Gasteiger charge is -2.15. The maximum Gasteiger partial charge on any atom is 0.210 e. The van der Waals surface area contributed by atoms with Crippen LogP contribution in [0.25, 0.3) is 10.9 Å². The van der Waals surface area contributed by atoms with Gasteiger partial charge in [-0.1, -0.05) is 18.2 Å². The van der Waals surface area contributed by atoms with Crippen LogP contribution in [-0.2, 0) is 6.54 Å².